The lowest BCUT2D eigenvalue weighted by Crippen LogP contribution is -2.38. The van der Waals surface area contributed by atoms with E-state index in [0.717, 1.165) is 12.8 Å². The monoisotopic (exact) mass is 571 g/mol. The number of anilines is 3. The molecule has 1 fully saturated rings. The fraction of sp³-hybridized carbons (Fsp3) is 0.138. The maximum absolute atomic E-state index is 13.8. The van der Waals surface area contributed by atoms with Crippen LogP contribution in [0.1, 0.15) is 36.9 Å². The Balaban J connectivity index is 1.47. The second kappa shape index (κ2) is 10.6. The van der Waals surface area contributed by atoms with E-state index in [9.17, 15) is 16.3 Å². The highest BCUT2D eigenvalue weighted by Crippen LogP contribution is 2.38. The van der Waals surface area contributed by atoms with Crippen LogP contribution in [-0.2, 0) is 0 Å². The average molecular weight is 572 g/mol. The number of nitrogens with one attached hydrogen (secondary N) is 4. The summed E-state index contributed by atoms with van der Waals surface area (Å²) in [6.07, 6.45) is 5.31. The van der Waals surface area contributed by atoms with Gasteiger partial charge in [-0.3, -0.25) is 9.99 Å². The average Bonchev–Trinajstić information content (AvgIpc) is 3.69. The fourth-order valence-corrected chi connectivity index (χ4v) is 4.97. The molecular formula is C29H21Cl2FN8. The molecule has 3 aromatic carbocycles. The zero-order valence-corrected chi connectivity index (χ0v) is 22.3. The Labute approximate surface area is 241 Å². The molecule has 40 heavy (non-hydrogen) atoms. The van der Waals surface area contributed by atoms with Crippen LogP contribution in [0.3, 0.4) is 0 Å². The van der Waals surface area contributed by atoms with E-state index in [1.54, 1.807) is 42.5 Å². The molecule has 1 unspecified atom stereocenters. The predicted octanol–water partition coefficient (Wildman–Crippen LogP) is 6.65. The summed E-state index contributed by atoms with van der Waals surface area (Å²) in [5, 5.41) is 28.9. The molecule has 1 atom stereocenters. The maximum atomic E-state index is 13.8. The molecular weight excluding hydrogens is 550 g/mol. The molecule has 198 valence electrons. The van der Waals surface area contributed by atoms with E-state index in [1.165, 1.54) is 18.3 Å². The molecule has 0 bridgehead atoms. The van der Waals surface area contributed by atoms with Crippen LogP contribution in [0.2, 0.25) is 10.0 Å². The van der Waals surface area contributed by atoms with E-state index >= 15 is 0 Å². The normalized spacial score (nSPS) is 16.3. The van der Waals surface area contributed by atoms with Gasteiger partial charge in [-0.1, -0.05) is 41.4 Å². The van der Waals surface area contributed by atoms with E-state index < -0.39 is 11.8 Å². The summed E-state index contributed by atoms with van der Waals surface area (Å²) >= 11 is 12.9. The summed E-state index contributed by atoms with van der Waals surface area (Å²) in [5.74, 6) is -0.417. The van der Waals surface area contributed by atoms with Crippen molar-refractivity contribution in [1.82, 2.24) is 21.0 Å². The van der Waals surface area contributed by atoms with Crippen LogP contribution in [0.15, 0.2) is 72.7 Å². The van der Waals surface area contributed by atoms with Gasteiger partial charge < -0.3 is 16.1 Å². The van der Waals surface area contributed by atoms with Gasteiger partial charge in [0, 0.05) is 29.5 Å². The highest BCUT2D eigenvalue weighted by atomic mass is 35.5. The predicted molar refractivity (Wildman–Crippen MR) is 153 cm³/mol. The molecule has 1 aliphatic carbocycles. The van der Waals surface area contributed by atoms with Crippen molar-refractivity contribution in [2.24, 2.45) is 0 Å². The Hall–Kier alpha value is -4.54. The third-order valence-electron chi connectivity index (χ3n) is 6.63. The molecule has 0 spiro atoms. The van der Waals surface area contributed by atoms with Gasteiger partial charge in [0.2, 0.25) is 0 Å². The van der Waals surface area contributed by atoms with Crippen LogP contribution in [0.4, 0.5) is 21.5 Å². The summed E-state index contributed by atoms with van der Waals surface area (Å²) in [6, 6.07) is 17.0. The number of rotatable bonds is 7. The molecule has 4 aromatic rings. The molecule has 1 saturated carbocycles. The van der Waals surface area contributed by atoms with Gasteiger partial charge in [0.25, 0.3) is 0 Å². The lowest BCUT2D eigenvalue weighted by atomic mass is 10.0. The van der Waals surface area contributed by atoms with Crippen LogP contribution in [0, 0.1) is 28.5 Å². The van der Waals surface area contributed by atoms with Gasteiger partial charge in [0.05, 0.1) is 51.1 Å². The Kier molecular flexibility index (Phi) is 6.46. The highest BCUT2D eigenvalue weighted by Gasteiger charge is 2.32. The number of pyridine rings is 1. The van der Waals surface area contributed by atoms with Gasteiger partial charge in [0.1, 0.15) is 18.0 Å². The van der Waals surface area contributed by atoms with Crippen molar-refractivity contribution in [2.45, 2.75) is 24.9 Å². The third kappa shape index (κ3) is 4.94. The quantitative estimate of drug-likeness (QED) is 0.195. The molecule has 2 aliphatic rings. The number of nitriles is 2. The van der Waals surface area contributed by atoms with Gasteiger partial charge in [-0.25, -0.2) is 4.39 Å². The first-order valence-corrected chi connectivity index (χ1v) is 13.1. The summed E-state index contributed by atoms with van der Waals surface area (Å²) < 4.78 is 23.4. The zero-order valence-electron chi connectivity index (χ0n) is 21.8. The number of nitrogens with zero attached hydrogens (tertiary/aromatic N) is 4. The van der Waals surface area contributed by atoms with Crippen molar-refractivity contribution in [3.63, 3.8) is 0 Å². The van der Waals surface area contributed by atoms with Crippen LogP contribution in [0.5, 0.6) is 0 Å². The number of hydrogen-bond donors (Lipinski definition) is 4. The van der Waals surface area contributed by atoms with Crippen molar-refractivity contribution >= 4 is 51.2 Å². The van der Waals surface area contributed by atoms with E-state index in [1.807, 2.05) is 11.2 Å². The molecule has 8 nitrogen and oxygen atoms in total. The van der Waals surface area contributed by atoms with E-state index in [2.05, 4.69) is 38.7 Å². The van der Waals surface area contributed by atoms with E-state index in [-0.39, 0.29) is 21.2 Å². The number of benzene rings is 3. The number of fused-ring (bicyclic) bond motifs is 1. The standard InChI is InChI=1S/C29H21Cl2FN8/c30-23-2-1-3-25(22(23)13-34)37-27-17(12-33)14-35-29-21(27)10-19(11-24(29)31)36-28(16-4-6-18(32)7-5-16)26-15-40(39-38-26)20-8-9-20/h1-7,10-11,14-15,20,28,36,38-39H,8-9H2,(H,35,37)/i28D. The van der Waals surface area contributed by atoms with Gasteiger partial charge in [-0.05, 0) is 54.8 Å². The topological polar surface area (TPSA) is 112 Å². The second-order valence-electron chi connectivity index (χ2n) is 9.34. The largest absolute Gasteiger partial charge is 0.373 e. The van der Waals surface area contributed by atoms with Gasteiger partial charge >= 0.3 is 0 Å². The smallest absolute Gasteiger partial charge is 0.123 e. The van der Waals surface area contributed by atoms with Gasteiger partial charge in [0.15, 0.2) is 0 Å². The van der Waals surface area contributed by atoms with Gasteiger partial charge in [-0.2, -0.15) is 10.5 Å². The molecule has 11 heteroatoms. The summed E-state index contributed by atoms with van der Waals surface area (Å²) in [4.78, 5) is 4.39. The summed E-state index contributed by atoms with van der Waals surface area (Å²) in [7, 11) is 0. The number of hydrazine groups is 2. The number of hydrogen-bond acceptors (Lipinski definition) is 8. The van der Waals surface area contributed by atoms with Crippen molar-refractivity contribution < 1.29 is 5.76 Å². The minimum absolute atomic E-state index is 0.217. The molecule has 0 saturated heterocycles. The third-order valence-corrected chi connectivity index (χ3v) is 7.23. The first kappa shape index (κ1) is 24.5. The summed E-state index contributed by atoms with van der Waals surface area (Å²) in [5.41, 5.74) is 9.22. The van der Waals surface area contributed by atoms with Crippen molar-refractivity contribution in [2.75, 3.05) is 10.6 Å². The molecule has 0 amide bonds. The molecule has 1 aromatic heterocycles. The van der Waals surface area contributed by atoms with Crippen molar-refractivity contribution in [3.05, 3.63) is 105 Å². The molecule has 1 aliphatic heterocycles. The summed E-state index contributed by atoms with van der Waals surface area (Å²) in [6.45, 7) is 0. The van der Waals surface area contributed by atoms with Crippen LogP contribution in [-0.4, -0.2) is 16.0 Å². The molecule has 0 radical (unpaired) electrons. The maximum Gasteiger partial charge on any atom is 0.123 e. The first-order valence-electron chi connectivity index (χ1n) is 12.8. The van der Waals surface area contributed by atoms with Crippen LogP contribution >= 0.6 is 23.2 Å². The van der Waals surface area contributed by atoms with Crippen molar-refractivity contribution in [3.8, 4) is 12.1 Å². The Morgan fingerprint density at radius 3 is 2.62 bits per heavy atom. The first-order chi connectivity index (χ1) is 19.8. The Bertz CT molecular complexity index is 1800. The lowest BCUT2D eigenvalue weighted by Gasteiger charge is -2.22. The number of aromatic nitrogens is 1. The minimum atomic E-state index is -1.59. The Morgan fingerprint density at radius 1 is 1.10 bits per heavy atom. The molecule has 4 N–H and O–H groups in total. The fourth-order valence-electron chi connectivity index (χ4n) is 4.49. The van der Waals surface area contributed by atoms with Crippen LogP contribution < -0.4 is 21.6 Å². The number of halogens is 3. The molecule has 6 rings (SSSR count). The Morgan fingerprint density at radius 2 is 1.90 bits per heavy atom. The second-order valence-corrected chi connectivity index (χ2v) is 10.2. The van der Waals surface area contributed by atoms with Crippen LogP contribution in [0.25, 0.3) is 10.9 Å². The van der Waals surface area contributed by atoms with E-state index in [0.29, 0.717) is 45.3 Å². The minimum Gasteiger partial charge on any atom is -0.373 e. The van der Waals surface area contributed by atoms with Gasteiger partial charge in [-0.15, -0.1) is 5.53 Å². The van der Waals surface area contributed by atoms with Crippen molar-refractivity contribution in [1.29, 1.82) is 10.5 Å². The highest BCUT2D eigenvalue weighted by molar-refractivity contribution is 6.36. The zero-order chi connectivity index (χ0) is 28.7. The lowest BCUT2D eigenvalue weighted by molar-refractivity contribution is 0.260. The SMILES string of the molecule is [2H]C(Nc1cc(Cl)c2ncc(C#N)c(Nc3cccc(Cl)c3C#N)c2c1)(C1=CN(C2CC2)NN1)c1ccc(F)cc1. The molecule has 2 heterocycles. The van der Waals surface area contributed by atoms with E-state index in [4.69, 9.17) is 23.2 Å².